The number of anilines is 1. The molecule has 0 unspecified atom stereocenters. The normalized spacial score (nSPS) is 10.1. The maximum Gasteiger partial charge on any atom is 0.417 e. The van der Waals surface area contributed by atoms with Crippen molar-refractivity contribution in [3.8, 4) is 5.75 Å². The van der Waals surface area contributed by atoms with Gasteiger partial charge in [0.05, 0.1) is 0 Å². The van der Waals surface area contributed by atoms with Gasteiger partial charge in [0, 0.05) is 10.7 Å². The number of hydrogen-bond acceptors (Lipinski definition) is 2. The van der Waals surface area contributed by atoms with E-state index in [9.17, 15) is 4.79 Å². The number of nitrogens with one attached hydrogen (secondary N) is 1. The maximum absolute atomic E-state index is 11.8. The Morgan fingerprint density at radius 2 is 1.63 bits per heavy atom. The summed E-state index contributed by atoms with van der Waals surface area (Å²) in [5.41, 5.74) is 2.77. The van der Waals surface area contributed by atoms with Crippen LogP contribution in [0.4, 0.5) is 10.5 Å². The van der Waals surface area contributed by atoms with E-state index in [2.05, 4.69) is 5.32 Å². The van der Waals surface area contributed by atoms with Gasteiger partial charge >= 0.3 is 6.09 Å². The topological polar surface area (TPSA) is 38.3 Å². The zero-order valence-electron chi connectivity index (χ0n) is 10.7. The average molecular weight is 276 g/mol. The minimum absolute atomic E-state index is 0.452. The molecule has 0 aliphatic heterocycles. The summed E-state index contributed by atoms with van der Waals surface area (Å²) in [7, 11) is 0. The van der Waals surface area contributed by atoms with Crippen molar-refractivity contribution in [1.29, 1.82) is 0 Å². The molecule has 0 radical (unpaired) electrons. The van der Waals surface area contributed by atoms with Crippen molar-refractivity contribution in [1.82, 2.24) is 0 Å². The monoisotopic (exact) mass is 275 g/mol. The molecule has 2 aromatic rings. The lowest BCUT2D eigenvalue weighted by Gasteiger charge is -2.11. The molecule has 0 aromatic heterocycles. The third-order valence-corrected chi connectivity index (χ3v) is 2.98. The number of ether oxygens (including phenoxy) is 1. The lowest BCUT2D eigenvalue weighted by Crippen LogP contribution is -2.18. The molecule has 0 spiro atoms. The van der Waals surface area contributed by atoms with Gasteiger partial charge < -0.3 is 4.74 Å². The number of carbonyl (C=O) groups is 1. The highest BCUT2D eigenvalue weighted by Crippen LogP contribution is 2.21. The number of carbonyl (C=O) groups excluding carboxylic acids is 1. The van der Waals surface area contributed by atoms with Gasteiger partial charge in [0.2, 0.25) is 0 Å². The van der Waals surface area contributed by atoms with Gasteiger partial charge in [-0.1, -0.05) is 29.8 Å². The predicted molar refractivity (Wildman–Crippen MR) is 77.0 cm³/mol. The summed E-state index contributed by atoms with van der Waals surface area (Å²) < 4.78 is 5.17. The molecule has 2 rings (SSSR count). The first kappa shape index (κ1) is 13.4. The third-order valence-electron chi connectivity index (χ3n) is 2.73. The van der Waals surface area contributed by atoms with Crippen molar-refractivity contribution in [2.75, 3.05) is 5.32 Å². The molecule has 19 heavy (non-hydrogen) atoms. The van der Waals surface area contributed by atoms with E-state index >= 15 is 0 Å². The van der Waals surface area contributed by atoms with Crippen LogP contribution in [0.25, 0.3) is 0 Å². The Morgan fingerprint density at radius 3 is 2.21 bits per heavy atom. The molecule has 1 N–H and O–H groups in total. The van der Waals surface area contributed by atoms with Crippen LogP contribution in [0, 0.1) is 13.8 Å². The van der Waals surface area contributed by atoms with E-state index in [1.807, 2.05) is 32.0 Å². The quantitative estimate of drug-likeness (QED) is 0.872. The van der Waals surface area contributed by atoms with E-state index in [0.717, 1.165) is 16.8 Å². The van der Waals surface area contributed by atoms with Crippen molar-refractivity contribution >= 4 is 23.4 Å². The summed E-state index contributed by atoms with van der Waals surface area (Å²) >= 11 is 5.76. The molecule has 0 fully saturated rings. The molecule has 98 valence electrons. The van der Waals surface area contributed by atoms with Crippen LogP contribution in [-0.2, 0) is 0 Å². The largest absolute Gasteiger partial charge is 0.417 e. The van der Waals surface area contributed by atoms with Crippen molar-refractivity contribution in [2.24, 2.45) is 0 Å². The van der Waals surface area contributed by atoms with Crippen molar-refractivity contribution in [3.05, 3.63) is 58.6 Å². The van der Waals surface area contributed by atoms with Crippen molar-refractivity contribution in [2.45, 2.75) is 13.8 Å². The van der Waals surface area contributed by atoms with E-state index in [-0.39, 0.29) is 0 Å². The Labute approximate surface area is 117 Å². The average Bonchev–Trinajstić information content (AvgIpc) is 2.37. The fourth-order valence-electron chi connectivity index (χ4n) is 1.75. The van der Waals surface area contributed by atoms with Crippen LogP contribution in [0.1, 0.15) is 11.1 Å². The minimum atomic E-state index is -0.514. The molecule has 1 amide bonds. The van der Waals surface area contributed by atoms with Gasteiger partial charge in [-0.2, -0.15) is 0 Å². The molecule has 0 atom stereocenters. The highest BCUT2D eigenvalue weighted by atomic mass is 35.5. The van der Waals surface area contributed by atoms with Gasteiger partial charge in [0.15, 0.2) is 0 Å². The molecule has 4 heteroatoms. The van der Waals surface area contributed by atoms with Gasteiger partial charge in [-0.3, -0.25) is 5.32 Å². The second-order valence-electron chi connectivity index (χ2n) is 4.24. The maximum atomic E-state index is 11.8. The van der Waals surface area contributed by atoms with Crippen molar-refractivity contribution in [3.63, 3.8) is 0 Å². The fraction of sp³-hybridized carbons (Fsp3) is 0.133. The molecule has 0 aliphatic carbocycles. The Kier molecular flexibility index (Phi) is 4.07. The number of amides is 1. The third kappa shape index (κ3) is 3.48. The second-order valence-corrected chi connectivity index (χ2v) is 4.67. The second kappa shape index (κ2) is 5.76. The molecule has 0 heterocycles. The van der Waals surface area contributed by atoms with E-state index in [1.165, 1.54) is 0 Å². The molecule has 0 saturated carbocycles. The van der Waals surface area contributed by atoms with Crippen LogP contribution >= 0.6 is 11.6 Å². The number of rotatable bonds is 2. The van der Waals surface area contributed by atoms with Gasteiger partial charge in [-0.05, 0) is 49.2 Å². The van der Waals surface area contributed by atoms with Crippen LogP contribution < -0.4 is 10.1 Å². The number of hydrogen-bond donors (Lipinski definition) is 1. The van der Waals surface area contributed by atoms with E-state index < -0.39 is 6.09 Å². The highest BCUT2D eigenvalue weighted by Gasteiger charge is 2.08. The summed E-state index contributed by atoms with van der Waals surface area (Å²) in [5, 5.41) is 3.35. The fourth-order valence-corrected chi connectivity index (χ4v) is 1.87. The smallest absolute Gasteiger partial charge is 0.410 e. The first-order valence-corrected chi connectivity index (χ1v) is 6.24. The Morgan fingerprint density at radius 1 is 1.05 bits per heavy atom. The van der Waals surface area contributed by atoms with Crippen LogP contribution in [0.3, 0.4) is 0 Å². The van der Waals surface area contributed by atoms with E-state index in [4.69, 9.17) is 16.3 Å². The summed E-state index contributed by atoms with van der Waals surface area (Å²) in [6, 6.07) is 12.4. The summed E-state index contributed by atoms with van der Waals surface area (Å²) in [6.45, 7) is 3.87. The Hall–Kier alpha value is -2.00. The van der Waals surface area contributed by atoms with Gasteiger partial charge in [0.25, 0.3) is 0 Å². The van der Waals surface area contributed by atoms with Crippen LogP contribution in [-0.4, -0.2) is 6.09 Å². The Balaban J connectivity index is 2.07. The van der Waals surface area contributed by atoms with Gasteiger partial charge in [-0.25, -0.2) is 4.79 Å². The van der Waals surface area contributed by atoms with Gasteiger partial charge in [-0.15, -0.1) is 0 Å². The summed E-state index contributed by atoms with van der Waals surface area (Å²) in [6.07, 6.45) is -0.514. The SMILES string of the molecule is Cc1cccc(C)c1NC(=O)Oc1ccc(Cl)cc1. The highest BCUT2D eigenvalue weighted by molar-refractivity contribution is 6.30. The van der Waals surface area contributed by atoms with Gasteiger partial charge in [0.1, 0.15) is 5.75 Å². The number of aryl methyl sites for hydroxylation is 2. The summed E-state index contributed by atoms with van der Waals surface area (Å²) in [5.74, 6) is 0.452. The van der Waals surface area contributed by atoms with Crippen LogP contribution in [0.2, 0.25) is 5.02 Å². The molecular weight excluding hydrogens is 262 g/mol. The zero-order chi connectivity index (χ0) is 13.8. The molecule has 0 bridgehead atoms. The molecule has 0 aliphatic rings. The van der Waals surface area contributed by atoms with Crippen molar-refractivity contribution < 1.29 is 9.53 Å². The van der Waals surface area contributed by atoms with E-state index in [0.29, 0.717) is 10.8 Å². The Bertz CT molecular complexity index is 573. The van der Waals surface area contributed by atoms with Crippen LogP contribution in [0.5, 0.6) is 5.75 Å². The zero-order valence-corrected chi connectivity index (χ0v) is 11.5. The summed E-state index contributed by atoms with van der Waals surface area (Å²) in [4.78, 5) is 11.8. The predicted octanol–water partition coefficient (Wildman–Crippen LogP) is 4.57. The first-order chi connectivity index (χ1) is 9.06. The molecule has 2 aromatic carbocycles. The number of para-hydroxylation sites is 1. The lowest BCUT2D eigenvalue weighted by molar-refractivity contribution is 0.215. The molecule has 0 saturated heterocycles. The first-order valence-electron chi connectivity index (χ1n) is 5.87. The number of halogens is 1. The molecular formula is C15H14ClNO2. The van der Waals surface area contributed by atoms with Crippen LogP contribution in [0.15, 0.2) is 42.5 Å². The number of benzene rings is 2. The minimum Gasteiger partial charge on any atom is -0.410 e. The standard InChI is InChI=1S/C15H14ClNO2/c1-10-4-3-5-11(2)14(10)17-15(18)19-13-8-6-12(16)7-9-13/h3-9H,1-2H3,(H,17,18). The lowest BCUT2D eigenvalue weighted by atomic mass is 10.1. The molecule has 3 nitrogen and oxygen atoms in total. The van der Waals surface area contributed by atoms with E-state index in [1.54, 1.807) is 24.3 Å².